The van der Waals surface area contributed by atoms with Gasteiger partial charge in [0, 0.05) is 90.8 Å². The minimum Gasteiger partial charge on any atom is -0.310 e. The van der Waals surface area contributed by atoms with Crippen LogP contribution in [-0.2, 0) is 0 Å². The highest BCUT2D eigenvalue weighted by Crippen LogP contribution is 2.48. The van der Waals surface area contributed by atoms with Crippen LogP contribution in [0.15, 0.2) is 315 Å². The number of fused-ring (bicyclic) bond motifs is 10. The molecule has 0 saturated carbocycles. The van der Waals surface area contributed by atoms with Crippen molar-refractivity contribution in [2.75, 3.05) is 24.5 Å². The molecular formula is C71H52N6. The van der Waals surface area contributed by atoms with Crippen molar-refractivity contribution >= 4 is 85.3 Å². The minimum absolute atomic E-state index is 0.877. The zero-order valence-electron chi connectivity index (χ0n) is 42.2. The van der Waals surface area contributed by atoms with Gasteiger partial charge in [-0.25, -0.2) is 4.98 Å². The van der Waals surface area contributed by atoms with Gasteiger partial charge < -0.3 is 24.5 Å². The van der Waals surface area contributed by atoms with Crippen molar-refractivity contribution in [3.05, 3.63) is 315 Å². The number of rotatable bonds is 7. The van der Waals surface area contributed by atoms with Crippen LogP contribution >= 0.6 is 0 Å². The molecule has 0 saturated heterocycles. The summed E-state index contributed by atoms with van der Waals surface area (Å²) in [5.74, 6) is 0. The number of nitrogens with zero attached hydrogens (tertiary/aromatic N) is 6. The van der Waals surface area contributed by atoms with E-state index in [0.717, 1.165) is 108 Å². The van der Waals surface area contributed by atoms with Crippen molar-refractivity contribution in [3.63, 3.8) is 0 Å². The molecule has 0 fully saturated rings. The molecule has 6 nitrogen and oxygen atoms in total. The molecule has 13 rings (SSSR count). The molecular weight excluding hydrogens is 937 g/mol. The molecule has 0 radical (unpaired) electrons. The number of aromatic nitrogens is 1. The van der Waals surface area contributed by atoms with E-state index in [1.807, 2.05) is 0 Å². The van der Waals surface area contributed by atoms with Crippen LogP contribution in [-0.4, -0.2) is 4.98 Å². The second-order valence-corrected chi connectivity index (χ2v) is 18.9. The highest BCUT2D eigenvalue weighted by atomic mass is 15.2. The molecule has 0 aliphatic carbocycles. The summed E-state index contributed by atoms with van der Waals surface area (Å²) in [6.07, 6.45) is 0. The first kappa shape index (κ1) is 46.4. The largest absolute Gasteiger partial charge is 0.310 e. The van der Waals surface area contributed by atoms with Gasteiger partial charge in [0.2, 0.25) is 0 Å². The van der Waals surface area contributed by atoms with Crippen molar-refractivity contribution in [1.29, 1.82) is 0 Å². The predicted molar refractivity (Wildman–Crippen MR) is 322 cm³/mol. The van der Waals surface area contributed by atoms with E-state index >= 15 is 0 Å². The molecule has 0 amide bonds. The van der Waals surface area contributed by atoms with Gasteiger partial charge in [0.1, 0.15) is 0 Å². The first-order valence-electron chi connectivity index (χ1n) is 26.0. The number of anilines is 15. The van der Waals surface area contributed by atoms with Gasteiger partial charge in [-0.3, -0.25) is 0 Å². The zero-order chi connectivity index (χ0) is 51.3. The number of benzene rings is 11. The topological polar surface area (TPSA) is 29.1 Å². The Morgan fingerprint density at radius 3 is 0.558 bits per heavy atom. The molecule has 77 heavy (non-hydrogen) atoms. The third kappa shape index (κ3) is 9.44. The summed E-state index contributed by atoms with van der Waals surface area (Å²) in [6.45, 7) is 0. The smallest absolute Gasteiger partial charge is 0.0730 e. The Balaban J connectivity index is 1.11. The molecule has 12 aromatic rings. The average Bonchev–Trinajstić information content (AvgIpc) is 3.52. The molecule has 6 heteroatoms. The van der Waals surface area contributed by atoms with Crippen LogP contribution in [0.5, 0.6) is 0 Å². The fraction of sp³-hybridized carbons (Fsp3) is 0. The van der Waals surface area contributed by atoms with E-state index in [1.165, 1.54) is 0 Å². The summed E-state index contributed by atoms with van der Waals surface area (Å²) in [5.41, 5.74) is 19.0. The summed E-state index contributed by atoms with van der Waals surface area (Å²) in [4.78, 5) is 17.2. The van der Waals surface area contributed by atoms with Crippen molar-refractivity contribution in [1.82, 2.24) is 4.98 Å². The summed E-state index contributed by atoms with van der Waals surface area (Å²) in [5, 5.41) is 0. The molecule has 366 valence electrons. The Labute approximate surface area is 450 Å². The van der Waals surface area contributed by atoms with E-state index in [1.54, 1.807) is 0 Å². The van der Waals surface area contributed by atoms with Gasteiger partial charge in [0.05, 0.1) is 17.1 Å². The van der Waals surface area contributed by atoms with Crippen molar-refractivity contribution < 1.29 is 0 Å². The van der Waals surface area contributed by atoms with Gasteiger partial charge in [0.25, 0.3) is 0 Å². The highest BCUT2D eigenvalue weighted by molar-refractivity contribution is 5.91. The molecule has 2 heterocycles. The van der Waals surface area contributed by atoms with E-state index in [-0.39, 0.29) is 0 Å². The van der Waals surface area contributed by atoms with Crippen LogP contribution in [0, 0.1) is 0 Å². The van der Waals surface area contributed by atoms with Crippen LogP contribution in [0.4, 0.5) is 85.3 Å². The second kappa shape index (κ2) is 20.8. The molecule has 0 N–H and O–H groups in total. The molecule has 0 unspecified atom stereocenters. The maximum Gasteiger partial charge on any atom is 0.0730 e. The Hall–Kier alpha value is -10.4. The lowest BCUT2D eigenvalue weighted by atomic mass is 10.1. The Kier molecular flexibility index (Phi) is 12.5. The van der Waals surface area contributed by atoms with Gasteiger partial charge in [-0.05, 0) is 152 Å². The summed E-state index contributed by atoms with van der Waals surface area (Å²) in [7, 11) is 0. The standard InChI is InChI=1S/C71H52N6/c1-7-24-53(25-8-1)70-51-69(52-71(72-70)54-26-9-2-10-27-54)77-67-44-22-42-65(49-67)75(57-32-15-5-16-33-57)63-40-20-38-61(47-63)73(55-28-11-3-12-29-55)59-36-19-37-60(46-59)74(56-30-13-4-14-31-56)62-39-21-41-64(48-62)76(58-34-17-6-18-35-58)66-43-23-45-68(77)50-66/h1-52H. The summed E-state index contributed by atoms with van der Waals surface area (Å²) in [6, 6.07) is 113. The first-order chi connectivity index (χ1) is 38.2. The quantitative estimate of drug-likeness (QED) is 0.158. The second-order valence-electron chi connectivity index (χ2n) is 18.9. The third-order valence-electron chi connectivity index (χ3n) is 14.0. The zero-order valence-corrected chi connectivity index (χ0v) is 42.2. The predicted octanol–water partition coefficient (Wildman–Crippen LogP) is 20.1. The lowest BCUT2D eigenvalue weighted by Gasteiger charge is -2.33. The molecule has 11 aromatic carbocycles. The van der Waals surface area contributed by atoms with Crippen molar-refractivity contribution in [2.45, 2.75) is 0 Å². The SMILES string of the molecule is c1ccc(-c2cc(N3c4cccc(c4)N(c4ccccc4)c4cccc(c4)N(c4ccccc4)c4cccc(c4)N(c4ccccc4)c4cccc(c4)N(c4ccccc4)c4cccc3c4)cc(-c3ccccc3)n2)cc1. The number of hydrogen-bond donors (Lipinski definition) is 0. The Bertz CT molecular complexity index is 3700. The van der Waals surface area contributed by atoms with Crippen LogP contribution in [0.3, 0.4) is 0 Å². The Morgan fingerprint density at radius 2 is 0.338 bits per heavy atom. The van der Waals surface area contributed by atoms with Gasteiger partial charge in [-0.1, -0.05) is 164 Å². The number of para-hydroxylation sites is 4. The minimum atomic E-state index is 0.877. The van der Waals surface area contributed by atoms with Gasteiger partial charge in [-0.15, -0.1) is 0 Å². The fourth-order valence-corrected chi connectivity index (χ4v) is 10.6. The highest BCUT2D eigenvalue weighted by Gasteiger charge is 2.24. The van der Waals surface area contributed by atoms with E-state index in [2.05, 4.69) is 340 Å². The summed E-state index contributed by atoms with van der Waals surface area (Å²) >= 11 is 0. The lowest BCUT2D eigenvalue weighted by molar-refractivity contribution is 1.21. The van der Waals surface area contributed by atoms with Gasteiger partial charge >= 0.3 is 0 Å². The third-order valence-corrected chi connectivity index (χ3v) is 14.0. The van der Waals surface area contributed by atoms with E-state index < -0.39 is 0 Å². The number of pyridine rings is 1. The van der Waals surface area contributed by atoms with Crippen molar-refractivity contribution in [3.8, 4) is 22.5 Å². The lowest BCUT2D eigenvalue weighted by Crippen LogP contribution is -2.16. The van der Waals surface area contributed by atoms with Crippen LogP contribution in [0.25, 0.3) is 22.5 Å². The molecule has 10 bridgehead atoms. The molecule has 0 atom stereocenters. The van der Waals surface area contributed by atoms with Gasteiger partial charge in [-0.2, -0.15) is 0 Å². The number of hydrogen-bond acceptors (Lipinski definition) is 6. The average molecular weight is 989 g/mol. The molecule has 0 spiro atoms. The van der Waals surface area contributed by atoms with Crippen LogP contribution in [0.2, 0.25) is 0 Å². The van der Waals surface area contributed by atoms with E-state index in [9.17, 15) is 0 Å². The van der Waals surface area contributed by atoms with Gasteiger partial charge in [0.15, 0.2) is 0 Å². The Morgan fingerprint density at radius 1 is 0.156 bits per heavy atom. The molecule has 1 aliphatic heterocycles. The maximum absolute atomic E-state index is 5.35. The first-order valence-corrected chi connectivity index (χ1v) is 26.0. The monoisotopic (exact) mass is 988 g/mol. The maximum atomic E-state index is 5.35. The van der Waals surface area contributed by atoms with E-state index in [0.29, 0.717) is 0 Å². The fourth-order valence-electron chi connectivity index (χ4n) is 10.6. The molecule has 1 aromatic heterocycles. The van der Waals surface area contributed by atoms with E-state index in [4.69, 9.17) is 4.98 Å². The normalized spacial score (nSPS) is 12.3. The van der Waals surface area contributed by atoms with Crippen molar-refractivity contribution in [2.24, 2.45) is 0 Å². The summed E-state index contributed by atoms with van der Waals surface area (Å²) < 4.78 is 0. The van der Waals surface area contributed by atoms with Crippen LogP contribution < -0.4 is 24.5 Å². The van der Waals surface area contributed by atoms with Crippen LogP contribution in [0.1, 0.15) is 0 Å². The molecule has 1 aliphatic rings.